The number of para-hydroxylation sites is 1. The Morgan fingerprint density at radius 3 is 2.87 bits per heavy atom. The molecule has 1 unspecified atom stereocenters. The first kappa shape index (κ1) is 19.0. The molecule has 0 radical (unpaired) electrons. The van der Waals surface area contributed by atoms with Gasteiger partial charge in [0.05, 0.1) is 9.95 Å². The minimum atomic E-state index is -0.554. The molecule has 1 fully saturated rings. The third kappa shape index (κ3) is 3.42. The number of thiazole rings is 1. The number of rotatable bonds is 4. The Hall–Kier alpha value is -2.96. The van der Waals surface area contributed by atoms with E-state index in [1.807, 2.05) is 23.6 Å². The average Bonchev–Trinajstić information content (AvgIpc) is 3.43. The number of benzene rings is 2. The molecule has 4 aromatic rings. The zero-order valence-electron chi connectivity index (χ0n) is 16.3. The average molecular weight is 430 g/mol. The lowest BCUT2D eigenvalue weighted by Crippen LogP contribution is -2.11. The Morgan fingerprint density at radius 2 is 2.07 bits per heavy atom. The van der Waals surface area contributed by atoms with Crippen molar-refractivity contribution in [1.29, 1.82) is 5.41 Å². The van der Waals surface area contributed by atoms with Crippen LogP contribution in [0.5, 0.6) is 0 Å². The van der Waals surface area contributed by atoms with Crippen molar-refractivity contribution in [1.82, 2.24) is 9.55 Å². The summed E-state index contributed by atoms with van der Waals surface area (Å²) in [6.07, 6.45) is 5.73. The van der Waals surface area contributed by atoms with Crippen LogP contribution in [-0.2, 0) is 11.3 Å². The van der Waals surface area contributed by atoms with Crippen molar-refractivity contribution in [2.45, 2.75) is 19.4 Å². The minimum absolute atomic E-state index is 0.0320. The maximum Gasteiger partial charge on any atom is 0.186 e. The summed E-state index contributed by atoms with van der Waals surface area (Å²) >= 11 is 2.68. The summed E-state index contributed by atoms with van der Waals surface area (Å²) < 4.78 is 2.23. The highest BCUT2D eigenvalue weighted by Gasteiger charge is 2.38. The third-order valence-electron chi connectivity index (χ3n) is 5.23. The Labute approximate surface area is 182 Å². The molecule has 5 rings (SSSR count). The van der Waals surface area contributed by atoms with Crippen LogP contribution in [0.4, 0.5) is 0 Å². The van der Waals surface area contributed by atoms with Gasteiger partial charge in [-0.15, -0.1) is 11.3 Å². The number of fused-ring (bicyclic) bond motifs is 1. The van der Waals surface area contributed by atoms with Gasteiger partial charge in [0.1, 0.15) is 10.9 Å². The molecule has 148 valence electrons. The van der Waals surface area contributed by atoms with E-state index in [9.17, 15) is 4.79 Å². The van der Waals surface area contributed by atoms with Crippen molar-refractivity contribution in [3.05, 3.63) is 92.9 Å². The number of thioether (sulfide) groups is 1. The van der Waals surface area contributed by atoms with E-state index >= 15 is 0 Å². The second-order valence-corrected chi connectivity index (χ2v) is 9.37. The second kappa shape index (κ2) is 7.70. The summed E-state index contributed by atoms with van der Waals surface area (Å²) in [5, 5.41) is 12.3. The van der Waals surface area contributed by atoms with Crippen molar-refractivity contribution in [3.63, 3.8) is 0 Å². The number of allylic oxidation sites excluding steroid dienone is 1. The monoisotopic (exact) mass is 429 g/mol. The predicted molar refractivity (Wildman–Crippen MR) is 125 cm³/mol. The Morgan fingerprint density at radius 1 is 1.20 bits per heavy atom. The molecular formula is C24H19N3OS2. The van der Waals surface area contributed by atoms with Crippen LogP contribution in [-0.4, -0.2) is 20.4 Å². The molecule has 1 N–H and O–H groups in total. The van der Waals surface area contributed by atoms with Crippen molar-refractivity contribution in [2.24, 2.45) is 0 Å². The van der Waals surface area contributed by atoms with Crippen LogP contribution in [0, 0.1) is 12.3 Å². The quantitative estimate of drug-likeness (QED) is 0.413. The number of nitrogens with one attached hydrogen (secondary N) is 1. The molecule has 1 aliphatic rings. The molecule has 3 heterocycles. The smallest absolute Gasteiger partial charge is 0.186 e. The number of nitrogens with zero attached hydrogens (tertiary/aromatic N) is 2. The summed E-state index contributed by atoms with van der Waals surface area (Å²) in [6.45, 7) is 2.87. The Kier molecular flexibility index (Phi) is 4.89. The summed E-state index contributed by atoms with van der Waals surface area (Å²) in [5.41, 5.74) is 4.62. The maximum atomic E-state index is 13.0. The van der Waals surface area contributed by atoms with E-state index in [-0.39, 0.29) is 5.78 Å². The van der Waals surface area contributed by atoms with Gasteiger partial charge in [-0.3, -0.25) is 10.2 Å². The highest BCUT2D eigenvalue weighted by atomic mass is 32.2. The SMILES string of the molecule is Cc1cccc(Cn2cc(C=C3SC(=N)C(c4nccs4)C3=O)c3ccccc32)c1. The van der Waals surface area contributed by atoms with E-state index in [2.05, 4.69) is 59.1 Å². The third-order valence-corrected chi connectivity index (χ3v) is 7.06. The second-order valence-electron chi connectivity index (χ2n) is 7.36. The molecule has 0 amide bonds. The summed E-state index contributed by atoms with van der Waals surface area (Å²) in [4.78, 5) is 17.9. The molecule has 2 aromatic carbocycles. The van der Waals surface area contributed by atoms with Crippen molar-refractivity contribution >= 4 is 50.9 Å². The normalized spacial score (nSPS) is 18.0. The Balaban J connectivity index is 1.54. The fourth-order valence-electron chi connectivity index (χ4n) is 3.86. The number of aromatic nitrogens is 2. The highest BCUT2D eigenvalue weighted by Crippen LogP contribution is 2.41. The van der Waals surface area contributed by atoms with Crippen LogP contribution >= 0.6 is 23.1 Å². The van der Waals surface area contributed by atoms with Crippen molar-refractivity contribution < 1.29 is 4.79 Å². The van der Waals surface area contributed by atoms with E-state index in [1.54, 1.807) is 6.20 Å². The molecule has 0 spiro atoms. The molecule has 1 atom stereocenters. The van der Waals surface area contributed by atoms with Crippen LogP contribution in [0.3, 0.4) is 0 Å². The number of carbonyl (C=O) groups is 1. The van der Waals surface area contributed by atoms with Gasteiger partial charge in [-0.05, 0) is 24.6 Å². The van der Waals surface area contributed by atoms with Gasteiger partial charge >= 0.3 is 0 Å². The molecule has 0 bridgehead atoms. The van der Waals surface area contributed by atoms with E-state index in [1.165, 1.54) is 34.2 Å². The van der Waals surface area contributed by atoms with Gasteiger partial charge < -0.3 is 4.57 Å². The molecule has 0 saturated carbocycles. The number of carbonyl (C=O) groups excluding carboxylic acids is 1. The van der Waals surface area contributed by atoms with E-state index in [0.29, 0.717) is 15.0 Å². The predicted octanol–water partition coefficient (Wildman–Crippen LogP) is 5.87. The van der Waals surface area contributed by atoms with Crippen LogP contribution < -0.4 is 0 Å². The molecular weight excluding hydrogens is 410 g/mol. The molecule has 30 heavy (non-hydrogen) atoms. The lowest BCUT2D eigenvalue weighted by atomic mass is 10.0. The van der Waals surface area contributed by atoms with Gasteiger partial charge in [-0.25, -0.2) is 4.98 Å². The van der Waals surface area contributed by atoms with Gasteiger partial charge in [0.15, 0.2) is 5.78 Å². The van der Waals surface area contributed by atoms with E-state index in [0.717, 1.165) is 23.0 Å². The van der Waals surface area contributed by atoms with E-state index < -0.39 is 5.92 Å². The number of hydrogen-bond acceptors (Lipinski definition) is 5. The zero-order valence-corrected chi connectivity index (χ0v) is 18.0. The summed E-state index contributed by atoms with van der Waals surface area (Å²) in [6, 6.07) is 16.8. The zero-order chi connectivity index (χ0) is 20.7. The molecule has 1 saturated heterocycles. The van der Waals surface area contributed by atoms with Crippen LogP contribution in [0.1, 0.15) is 27.6 Å². The number of Topliss-reactive ketones (excluding diaryl/α,β-unsaturated/α-hetero) is 1. The molecule has 0 aliphatic carbocycles. The first-order valence-electron chi connectivity index (χ1n) is 9.65. The van der Waals surface area contributed by atoms with Gasteiger partial charge in [0.25, 0.3) is 0 Å². The topological polar surface area (TPSA) is 58.7 Å². The fraction of sp³-hybridized carbons (Fsp3) is 0.125. The maximum absolute atomic E-state index is 13.0. The van der Waals surface area contributed by atoms with Crippen LogP contribution in [0.2, 0.25) is 0 Å². The van der Waals surface area contributed by atoms with E-state index in [4.69, 9.17) is 5.41 Å². The standard InChI is InChI=1S/C24H19N3OS2/c1-15-5-4-6-16(11-15)13-27-14-17(18-7-2-3-8-19(18)27)12-20-22(28)21(23(25)30-20)24-26-9-10-29-24/h2-12,14,21,25H,13H2,1H3. The minimum Gasteiger partial charge on any atom is -0.342 e. The number of hydrogen-bond donors (Lipinski definition) is 1. The Bertz CT molecular complexity index is 1300. The highest BCUT2D eigenvalue weighted by molar-refractivity contribution is 8.19. The van der Waals surface area contributed by atoms with Gasteiger partial charge in [-0.2, -0.15) is 0 Å². The number of aryl methyl sites for hydroxylation is 1. The lowest BCUT2D eigenvalue weighted by Gasteiger charge is -2.06. The van der Waals surface area contributed by atoms with Crippen LogP contribution in [0.15, 0.2) is 71.2 Å². The molecule has 1 aliphatic heterocycles. The summed E-state index contributed by atoms with van der Waals surface area (Å²) in [7, 11) is 0. The summed E-state index contributed by atoms with van der Waals surface area (Å²) in [5.74, 6) is -0.586. The fourth-order valence-corrected chi connectivity index (χ4v) is 5.66. The largest absolute Gasteiger partial charge is 0.342 e. The van der Waals surface area contributed by atoms with Crippen molar-refractivity contribution in [3.8, 4) is 0 Å². The van der Waals surface area contributed by atoms with Crippen molar-refractivity contribution in [2.75, 3.05) is 0 Å². The molecule has 6 heteroatoms. The van der Waals surface area contributed by atoms with Gasteiger partial charge in [0.2, 0.25) is 0 Å². The number of ketones is 1. The first-order chi connectivity index (χ1) is 14.6. The van der Waals surface area contributed by atoms with Crippen LogP contribution in [0.25, 0.3) is 17.0 Å². The molecule has 4 nitrogen and oxygen atoms in total. The lowest BCUT2D eigenvalue weighted by molar-refractivity contribution is -0.114. The molecule has 2 aromatic heterocycles. The van der Waals surface area contributed by atoms with Gasteiger partial charge in [-0.1, -0.05) is 59.8 Å². The van der Waals surface area contributed by atoms with Gasteiger partial charge in [0, 0.05) is 40.8 Å². The first-order valence-corrected chi connectivity index (χ1v) is 11.3.